The summed E-state index contributed by atoms with van der Waals surface area (Å²) in [6.45, 7) is 5.06. The monoisotopic (exact) mass is 310 g/mol. The minimum atomic E-state index is -4.53. The highest BCUT2D eigenvalue weighted by molar-refractivity contribution is 7.99. The largest absolute Gasteiger partial charge is 0.481 e. The molecule has 1 aromatic rings. The number of hydrogen-bond donors (Lipinski definition) is 1. The lowest BCUT2D eigenvalue weighted by molar-refractivity contribution is -0.142. The van der Waals surface area contributed by atoms with E-state index < -0.39 is 17.8 Å². The first-order valence-corrected chi connectivity index (χ1v) is 7.21. The molecule has 0 radical (unpaired) electrons. The van der Waals surface area contributed by atoms with Gasteiger partial charge in [-0.1, -0.05) is 25.6 Å². The summed E-state index contributed by atoms with van der Waals surface area (Å²) < 4.78 is 40.1. The van der Waals surface area contributed by atoms with Gasteiger partial charge in [-0.05, 0) is 19.8 Å². The first-order valence-electron chi connectivity index (χ1n) is 6.23. The fraction of sp³-hybridized carbons (Fsp3) is 0.667. The fourth-order valence-corrected chi connectivity index (χ4v) is 2.85. The molecule has 0 aliphatic rings. The Morgan fingerprint density at radius 1 is 1.40 bits per heavy atom. The molecule has 0 fully saturated rings. The van der Waals surface area contributed by atoms with Crippen LogP contribution >= 0.6 is 11.8 Å². The van der Waals surface area contributed by atoms with Crippen LogP contribution < -0.4 is 0 Å². The van der Waals surface area contributed by atoms with E-state index in [1.54, 1.807) is 0 Å². The summed E-state index contributed by atoms with van der Waals surface area (Å²) >= 11 is 0.879. The van der Waals surface area contributed by atoms with Crippen LogP contribution in [0.5, 0.6) is 0 Å². The van der Waals surface area contributed by atoms with Crippen molar-refractivity contribution in [2.75, 3.05) is 5.75 Å². The van der Waals surface area contributed by atoms with Crippen molar-refractivity contribution < 1.29 is 23.1 Å². The number of hydrogen-bond acceptors (Lipinski definition) is 3. The molecular formula is C12H17F3N2O2S. The first kappa shape index (κ1) is 16.9. The van der Waals surface area contributed by atoms with Gasteiger partial charge >= 0.3 is 12.1 Å². The predicted molar refractivity (Wildman–Crippen MR) is 69.9 cm³/mol. The summed E-state index contributed by atoms with van der Waals surface area (Å²) in [6, 6.07) is -0.166. The van der Waals surface area contributed by atoms with Crippen molar-refractivity contribution in [1.29, 1.82) is 0 Å². The SMILES string of the molecule is CCC(CC)n1nc(C(F)(F)F)c(C)c1SCC(=O)O. The van der Waals surface area contributed by atoms with E-state index in [0.29, 0.717) is 12.8 Å². The molecule has 1 rings (SSSR count). The zero-order valence-corrected chi connectivity index (χ0v) is 12.3. The Bertz CT molecular complexity index is 482. The summed E-state index contributed by atoms with van der Waals surface area (Å²) in [5, 5.41) is 12.7. The van der Waals surface area contributed by atoms with E-state index >= 15 is 0 Å². The summed E-state index contributed by atoms with van der Waals surface area (Å²) in [7, 11) is 0. The van der Waals surface area contributed by atoms with Gasteiger partial charge in [-0.25, -0.2) is 0 Å². The number of rotatable bonds is 6. The van der Waals surface area contributed by atoms with Crippen molar-refractivity contribution in [1.82, 2.24) is 9.78 Å². The first-order chi connectivity index (χ1) is 9.22. The van der Waals surface area contributed by atoms with Gasteiger partial charge in [-0.15, -0.1) is 0 Å². The van der Waals surface area contributed by atoms with Crippen LogP contribution in [0.4, 0.5) is 13.2 Å². The van der Waals surface area contributed by atoms with Gasteiger partial charge in [0, 0.05) is 5.56 Å². The smallest absolute Gasteiger partial charge is 0.435 e. The molecule has 4 nitrogen and oxygen atoms in total. The number of aliphatic carboxylic acids is 1. The minimum absolute atomic E-state index is 0.00403. The van der Waals surface area contributed by atoms with Gasteiger partial charge in [0.05, 0.1) is 16.8 Å². The molecule has 0 atom stereocenters. The maximum Gasteiger partial charge on any atom is 0.435 e. The van der Waals surface area contributed by atoms with Gasteiger partial charge < -0.3 is 5.11 Å². The molecule has 0 aliphatic heterocycles. The van der Waals surface area contributed by atoms with E-state index in [4.69, 9.17) is 5.11 Å². The molecule has 0 bridgehead atoms. The molecule has 0 saturated heterocycles. The molecule has 0 unspecified atom stereocenters. The molecule has 20 heavy (non-hydrogen) atoms. The van der Waals surface area contributed by atoms with Gasteiger partial charge in [0.1, 0.15) is 0 Å². The Hall–Kier alpha value is -1.18. The quantitative estimate of drug-likeness (QED) is 0.813. The second kappa shape index (κ2) is 6.51. The molecule has 1 aromatic heterocycles. The molecule has 0 aromatic carbocycles. The summed E-state index contributed by atoms with van der Waals surface area (Å²) in [5.74, 6) is -1.36. The van der Waals surface area contributed by atoms with Gasteiger partial charge in [-0.3, -0.25) is 9.48 Å². The Labute approximate surface area is 119 Å². The van der Waals surface area contributed by atoms with Crippen LogP contribution in [0.15, 0.2) is 5.03 Å². The van der Waals surface area contributed by atoms with Crippen molar-refractivity contribution in [3.05, 3.63) is 11.3 Å². The van der Waals surface area contributed by atoms with E-state index in [-0.39, 0.29) is 22.4 Å². The number of carbonyl (C=O) groups is 1. The van der Waals surface area contributed by atoms with E-state index in [1.165, 1.54) is 11.6 Å². The number of nitrogens with zero attached hydrogens (tertiary/aromatic N) is 2. The van der Waals surface area contributed by atoms with Crippen molar-refractivity contribution in [2.45, 2.75) is 50.9 Å². The third kappa shape index (κ3) is 3.68. The normalized spacial score (nSPS) is 12.2. The lowest BCUT2D eigenvalue weighted by Gasteiger charge is -2.16. The summed E-state index contributed by atoms with van der Waals surface area (Å²) in [5.41, 5.74) is -0.937. The Kier molecular flexibility index (Phi) is 5.50. The molecule has 0 spiro atoms. The third-order valence-electron chi connectivity index (χ3n) is 2.98. The van der Waals surface area contributed by atoms with Crippen molar-refractivity contribution in [3.63, 3.8) is 0 Å². The zero-order valence-electron chi connectivity index (χ0n) is 11.5. The number of carboxylic acid groups (broad SMARTS) is 1. The summed E-state index contributed by atoms with van der Waals surface area (Å²) in [6.07, 6.45) is -3.26. The van der Waals surface area contributed by atoms with Gasteiger partial charge in [0.15, 0.2) is 5.69 Å². The van der Waals surface area contributed by atoms with Crippen LogP contribution in [-0.2, 0) is 11.0 Å². The Morgan fingerprint density at radius 2 is 1.95 bits per heavy atom. The van der Waals surface area contributed by atoms with Gasteiger partial charge in [0.25, 0.3) is 0 Å². The Balaban J connectivity index is 3.28. The Morgan fingerprint density at radius 3 is 2.35 bits per heavy atom. The molecule has 1 N–H and O–H groups in total. The number of thioether (sulfide) groups is 1. The second-order valence-corrected chi connectivity index (χ2v) is 5.34. The number of halogens is 3. The summed E-state index contributed by atoms with van der Waals surface area (Å²) in [4.78, 5) is 10.6. The molecule has 114 valence electrons. The molecule has 8 heteroatoms. The topological polar surface area (TPSA) is 55.1 Å². The third-order valence-corrected chi connectivity index (χ3v) is 4.14. The van der Waals surface area contributed by atoms with E-state index in [2.05, 4.69) is 5.10 Å². The second-order valence-electron chi connectivity index (χ2n) is 4.37. The standard InChI is InChI=1S/C12H17F3N2O2S/c1-4-8(5-2)17-11(20-6-9(18)19)7(3)10(16-17)12(13,14)15/h8H,4-6H2,1-3H3,(H,18,19). The molecule has 1 heterocycles. The molecule has 0 saturated carbocycles. The highest BCUT2D eigenvalue weighted by Crippen LogP contribution is 2.37. The van der Waals surface area contributed by atoms with Crippen molar-refractivity contribution >= 4 is 17.7 Å². The number of carboxylic acids is 1. The van der Waals surface area contributed by atoms with Crippen LogP contribution in [0, 0.1) is 6.92 Å². The predicted octanol–water partition coefficient (Wildman–Crippen LogP) is 3.75. The van der Waals surface area contributed by atoms with E-state index in [0.717, 1.165) is 11.8 Å². The maximum absolute atomic E-state index is 12.9. The van der Waals surface area contributed by atoms with Crippen LogP contribution in [-0.4, -0.2) is 26.6 Å². The van der Waals surface area contributed by atoms with Crippen LogP contribution in [0.3, 0.4) is 0 Å². The number of alkyl halides is 3. The maximum atomic E-state index is 12.9. The lowest BCUT2D eigenvalue weighted by atomic mass is 10.2. The number of aromatic nitrogens is 2. The average Bonchev–Trinajstić information content (AvgIpc) is 2.66. The van der Waals surface area contributed by atoms with E-state index in [9.17, 15) is 18.0 Å². The van der Waals surface area contributed by atoms with Gasteiger partial charge in [-0.2, -0.15) is 18.3 Å². The fourth-order valence-electron chi connectivity index (χ4n) is 1.96. The average molecular weight is 310 g/mol. The molecular weight excluding hydrogens is 293 g/mol. The minimum Gasteiger partial charge on any atom is -0.481 e. The van der Waals surface area contributed by atoms with Crippen LogP contribution in [0.25, 0.3) is 0 Å². The van der Waals surface area contributed by atoms with Crippen molar-refractivity contribution in [3.8, 4) is 0 Å². The van der Waals surface area contributed by atoms with Crippen LogP contribution in [0.2, 0.25) is 0 Å². The lowest BCUT2D eigenvalue weighted by Crippen LogP contribution is -2.13. The van der Waals surface area contributed by atoms with Crippen LogP contribution in [0.1, 0.15) is 44.0 Å². The van der Waals surface area contributed by atoms with E-state index in [1.807, 2.05) is 13.8 Å². The zero-order chi connectivity index (χ0) is 15.5. The van der Waals surface area contributed by atoms with Crippen molar-refractivity contribution in [2.24, 2.45) is 0 Å². The highest BCUT2D eigenvalue weighted by atomic mass is 32.2. The molecule has 0 amide bonds. The highest BCUT2D eigenvalue weighted by Gasteiger charge is 2.38. The molecule has 0 aliphatic carbocycles. The van der Waals surface area contributed by atoms with Gasteiger partial charge in [0.2, 0.25) is 0 Å².